The van der Waals surface area contributed by atoms with E-state index in [0.29, 0.717) is 24.4 Å². The predicted molar refractivity (Wildman–Crippen MR) is 98.6 cm³/mol. The average molecular weight is 390 g/mol. The van der Waals surface area contributed by atoms with Crippen molar-refractivity contribution in [1.29, 1.82) is 0 Å². The van der Waals surface area contributed by atoms with Gasteiger partial charge in [-0.15, -0.1) is 0 Å². The molecule has 2 aromatic rings. The van der Waals surface area contributed by atoms with Gasteiger partial charge in [-0.1, -0.05) is 6.07 Å². The lowest BCUT2D eigenvalue weighted by Gasteiger charge is -2.24. The number of amides is 1. The minimum Gasteiger partial charge on any atom is -0.376 e. The topological polar surface area (TPSA) is 108 Å². The minimum atomic E-state index is -1.03. The molecule has 2 aliphatic rings. The first-order valence-electron chi connectivity index (χ1n) is 8.95. The number of halogens is 2. The molecule has 8 nitrogen and oxygen atoms in total. The summed E-state index contributed by atoms with van der Waals surface area (Å²) in [7, 11) is 0. The number of aromatic amines is 1. The lowest BCUT2D eigenvalue weighted by Crippen LogP contribution is -2.47. The first-order chi connectivity index (χ1) is 13.5. The number of nitrogens with zero attached hydrogens (tertiary/aromatic N) is 2. The molecule has 1 amide bonds. The quantitative estimate of drug-likeness (QED) is 0.614. The van der Waals surface area contributed by atoms with Crippen molar-refractivity contribution in [3.8, 4) is 0 Å². The number of amidine groups is 1. The monoisotopic (exact) mass is 390 g/mol. The lowest BCUT2D eigenvalue weighted by atomic mass is 10.2. The molecule has 2 atom stereocenters. The van der Waals surface area contributed by atoms with Crippen molar-refractivity contribution < 1.29 is 18.3 Å². The van der Waals surface area contributed by atoms with E-state index in [1.807, 2.05) is 0 Å². The van der Waals surface area contributed by atoms with E-state index in [1.165, 1.54) is 17.0 Å². The summed E-state index contributed by atoms with van der Waals surface area (Å²) in [5.74, 6) is -2.04. The van der Waals surface area contributed by atoms with Gasteiger partial charge in [-0.05, 0) is 31.0 Å². The fraction of sp³-hybridized carbons (Fsp3) is 0.333. The van der Waals surface area contributed by atoms with Gasteiger partial charge in [0.25, 0.3) is 5.91 Å². The fourth-order valence-electron chi connectivity index (χ4n) is 3.28. The molecule has 3 heterocycles. The molecule has 0 saturated carbocycles. The summed E-state index contributed by atoms with van der Waals surface area (Å²) >= 11 is 0. The van der Waals surface area contributed by atoms with Crippen molar-refractivity contribution in [2.24, 2.45) is 10.8 Å². The maximum absolute atomic E-state index is 14.3. The highest BCUT2D eigenvalue weighted by Crippen LogP contribution is 2.26. The Morgan fingerprint density at radius 3 is 3.07 bits per heavy atom. The van der Waals surface area contributed by atoms with Crippen molar-refractivity contribution in [1.82, 2.24) is 15.7 Å². The van der Waals surface area contributed by atoms with Gasteiger partial charge in [0.1, 0.15) is 5.69 Å². The summed E-state index contributed by atoms with van der Waals surface area (Å²) in [6.45, 7) is 1.15. The highest BCUT2D eigenvalue weighted by Gasteiger charge is 2.31. The van der Waals surface area contributed by atoms with Crippen LogP contribution in [0.15, 0.2) is 35.6 Å². The Bertz CT molecular complexity index is 909. The molecule has 10 heteroatoms. The van der Waals surface area contributed by atoms with Crippen LogP contribution < -0.4 is 21.4 Å². The number of aromatic nitrogens is 1. The van der Waals surface area contributed by atoms with Crippen LogP contribution in [0.5, 0.6) is 0 Å². The molecule has 4 rings (SSSR count). The van der Waals surface area contributed by atoms with Gasteiger partial charge in [-0.3, -0.25) is 20.9 Å². The predicted octanol–water partition coefficient (Wildman–Crippen LogP) is 1.22. The van der Waals surface area contributed by atoms with Gasteiger partial charge in [0.05, 0.1) is 11.8 Å². The van der Waals surface area contributed by atoms with Crippen molar-refractivity contribution in [2.45, 2.75) is 25.2 Å². The van der Waals surface area contributed by atoms with E-state index in [4.69, 9.17) is 10.5 Å². The highest BCUT2D eigenvalue weighted by molar-refractivity contribution is 6.12. The number of benzene rings is 1. The lowest BCUT2D eigenvalue weighted by molar-refractivity contribution is 0.0854. The average Bonchev–Trinajstić information content (AvgIpc) is 3.43. The Balaban J connectivity index is 1.52. The SMILES string of the molecule is NC1NN=C(c2c[nH]c(C(=O)NC[C@@H]3CCCO3)c2)N1c1cccc(F)c1F. The zero-order valence-electron chi connectivity index (χ0n) is 14.9. The number of hydrogen-bond acceptors (Lipinski definition) is 6. The number of carbonyl (C=O) groups excluding carboxylic acids is 1. The first kappa shape index (κ1) is 18.4. The minimum absolute atomic E-state index is 0.0335. The van der Waals surface area contributed by atoms with Crippen molar-refractivity contribution >= 4 is 17.4 Å². The molecule has 148 valence electrons. The van der Waals surface area contributed by atoms with Gasteiger partial charge in [0.15, 0.2) is 23.8 Å². The van der Waals surface area contributed by atoms with E-state index < -0.39 is 17.9 Å². The molecule has 2 aliphatic heterocycles. The largest absolute Gasteiger partial charge is 0.376 e. The molecule has 1 aromatic carbocycles. The van der Waals surface area contributed by atoms with E-state index in [2.05, 4.69) is 20.8 Å². The molecule has 0 radical (unpaired) electrons. The van der Waals surface area contributed by atoms with Crippen LogP contribution in [0.2, 0.25) is 0 Å². The van der Waals surface area contributed by atoms with Crippen LogP contribution >= 0.6 is 0 Å². The van der Waals surface area contributed by atoms with E-state index in [0.717, 1.165) is 18.9 Å². The van der Waals surface area contributed by atoms with E-state index in [-0.39, 0.29) is 23.5 Å². The third-order valence-electron chi connectivity index (χ3n) is 4.70. The second-order valence-electron chi connectivity index (χ2n) is 6.60. The molecule has 28 heavy (non-hydrogen) atoms. The third kappa shape index (κ3) is 3.43. The number of H-pyrrole nitrogens is 1. The van der Waals surface area contributed by atoms with Crippen LogP contribution in [0.25, 0.3) is 0 Å². The summed E-state index contributed by atoms with van der Waals surface area (Å²) in [4.78, 5) is 16.5. The van der Waals surface area contributed by atoms with Gasteiger partial charge in [-0.2, -0.15) is 5.10 Å². The highest BCUT2D eigenvalue weighted by atomic mass is 19.2. The number of nitrogens with two attached hydrogens (primary N) is 1. The van der Waals surface area contributed by atoms with Gasteiger partial charge in [0, 0.05) is 24.9 Å². The van der Waals surface area contributed by atoms with Gasteiger partial charge in [-0.25, -0.2) is 8.78 Å². The zero-order chi connectivity index (χ0) is 19.7. The van der Waals surface area contributed by atoms with Crippen LogP contribution in [0, 0.1) is 11.6 Å². The Hall–Kier alpha value is -2.98. The molecule has 5 N–H and O–H groups in total. The number of ether oxygens (including phenoxy) is 1. The Kier molecular flexibility index (Phi) is 4.97. The smallest absolute Gasteiger partial charge is 0.267 e. The fourth-order valence-corrected chi connectivity index (χ4v) is 3.28. The van der Waals surface area contributed by atoms with Crippen LogP contribution in [-0.2, 0) is 4.74 Å². The first-order valence-corrected chi connectivity index (χ1v) is 8.95. The van der Waals surface area contributed by atoms with E-state index in [1.54, 1.807) is 12.3 Å². The van der Waals surface area contributed by atoms with Crippen molar-refractivity contribution in [3.05, 3.63) is 53.4 Å². The number of hydrogen-bond donors (Lipinski definition) is 4. The molecular formula is C18H20F2N6O2. The molecule has 1 unspecified atom stereocenters. The van der Waals surface area contributed by atoms with Crippen molar-refractivity contribution in [3.63, 3.8) is 0 Å². The summed E-state index contributed by atoms with van der Waals surface area (Å²) in [6, 6.07) is 5.39. The summed E-state index contributed by atoms with van der Waals surface area (Å²) in [5.41, 5.74) is 9.35. The standard InChI is InChI=1S/C18H20F2N6O2/c19-12-4-1-5-14(15(12)20)26-16(24-25-18(26)21)10-7-13(22-8-10)17(27)23-9-11-3-2-6-28-11/h1,4-5,7-8,11,18,22,25H,2-3,6,9,21H2,(H,23,27)/t11-,18?/m0/s1. The molecule has 0 spiro atoms. The molecular weight excluding hydrogens is 370 g/mol. The third-order valence-corrected chi connectivity index (χ3v) is 4.70. The summed E-state index contributed by atoms with van der Waals surface area (Å²) < 4.78 is 33.4. The maximum Gasteiger partial charge on any atom is 0.267 e. The van der Waals surface area contributed by atoms with E-state index >= 15 is 0 Å². The van der Waals surface area contributed by atoms with Crippen molar-refractivity contribution in [2.75, 3.05) is 18.1 Å². The van der Waals surface area contributed by atoms with E-state index in [9.17, 15) is 13.6 Å². The maximum atomic E-state index is 14.3. The zero-order valence-corrected chi connectivity index (χ0v) is 14.9. The van der Waals surface area contributed by atoms with Crippen LogP contribution in [0.4, 0.5) is 14.5 Å². The molecule has 1 fully saturated rings. The second-order valence-corrected chi connectivity index (χ2v) is 6.60. The molecule has 0 aliphatic carbocycles. The molecule has 0 bridgehead atoms. The van der Waals surface area contributed by atoms with Gasteiger partial charge < -0.3 is 15.0 Å². The van der Waals surface area contributed by atoms with Crippen LogP contribution in [-0.4, -0.2) is 42.3 Å². The second kappa shape index (κ2) is 7.56. The molecule has 1 aromatic heterocycles. The summed E-state index contributed by atoms with van der Waals surface area (Å²) in [6.07, 6.45) is 2.63. The number of anilines is 1. The van der Waals surface area contributed by atoms with Crippen LogP contribution in [0.1, 0.15) is 28.9 Å². The van der Waals surface area contributed by atoms with Crippen LogP contribution in [0.3, 0.4) is 0 Å². The Labute approximate surface area is 159 Å². The number of carbonyl (C=O) groups is 1. The number of hydrazone groups is 1. The Morgan fingerprint density at radius 1 is 1.43 bits per heavy atom. The number of rotatable bonds is 5. The van der Waals surface area contributed by atoms with Gasteiger partial charge >= 0.3 is 0 Å². The Morgan fingerprint density at radius 2 is 2.29 bits per heavy atom. The molecule has 1 saturated heterocycles. The van der Waals surface area contributed by atoms with Gasteiger partial charge in [0.2, 0.25) is 0 Å². The normalized spacial score (nSPS) is 21.5. The number of nitrogens with one attached hydrogen (secondary N) is 3. The summed E-state index contributed by atoms with van der Waals surface area (Å²) in [5, 5.41) is 6.92.